The number of aryl methyl sites for hydroxylation is 2. The SMILES string of the molecule is Cc1nccn1Cc1cccc(NC(=O)c2cc(C(C)C)n(C)n2)c1. The average molecular weight is 337 g/mol. The van der Waals surface area contributed by atoms with Gasteiger partial charge in [0.15, 0.2) is 5.69 Å². The lowest BCUT2D eigenvalue weighted by Gasteiger charge is -2.08. The molecule has 1 N–H and O–H groups in total. The number of nitrogens with zero attached hydrogens (tertiary/aromatic N) is 4. The molecule has 6 nitrogen and oxygen atoms in total. The first kappa shape index (κ1) is 17.0. The number of rotatable bonds is 5. The molecule has 6 heteroatoms. The van der Waals surface area contributed by atoms with Gasteiger partial charge in [0.2, 0.25) is 0 Å². The average Bonchev–Trinajstić information content (AvgIpc) is 3.14. The Morgan fingerprint density at radius 1 is 1.28 bits per heavy atom. The standard InChI is InChI=1S/C19H23N5O/c1-13(2)18-11-17(22-23(18)4)19(25)21-16-7-5-6-15(10-16)12-24-9-8-20-14(24)3/h5-11,13H,12H2,1-4H3,(H,21,25). The van der Waals surface area contributed by atoms with E-state index in [0.717, 1.165) is 29.3 Å². The molecule has 0 aliphatic carbocycles. The minimum atomic E-state index is -0.196. The van der Waals surface area contributed by atoms with Gasteiger partial charge in [0, 0.05) is 37.4 Å². The van der Waals surface area contributed by atoms with Crippen LogP contribution in [0.25, 0.3) is 0 Å². The van der Waals surface area contributed by atoms with Crippen LogP contribution in [-0.2, 0) is 13.6 Å². The summed E-state index contributed by atoms with van der Waals surface area (Å²) in [6.07, 6.45) is 3.73. The lowest BCUT2D eigenvalue weighted by Crippen LogP contribution is -2.13. The zero-order valence-electron chi connectivity index (χ0n) is 15.0. The van der Waals surface area contributed by atoms with Gasteiger partial charge >= 0.3 is 0 Å². The van der Waals surface area contributed by atoms with Crippen molar-refractivity contribution in [2.24, 2.45) is 7.05 Å². The summed E-state index contributed by atoms with van der Waals surface area (Å²) in [6, 6.07) is 9.68. The van der Waals surface area contributed by atoms with E-state index in [-0.39, 0.29) is 5.91 Å². The van der Waals surface area contributed by atoms with Crippen molar-refractivity contribution < 1.29 is 4.79 Å². The lowest BCUT2D eigenvalue weighted by atomic mass is 10.1. The number of imidazole rings is 1. The minimum Gasteiger partial charge on any atom is -0.331 e. The Labute approximate surface area is 147 Å². The maximum atomic E-state index is 12.5. The fourth-order valence-corrected chi connectivity index (χ4v) is 2.84. The molecule has 1 amide bonds. The number of carbonyl (C=O) groups excluding carboxylic acids is 1. The van der Waals surface area contributed by atoms with E-state index in [1.165, 1.54) is 0 Å². The second kappa shape index (κ2) is 6.93. The molecule has 0 saturated carbocycles. The fraction of sp³-hybridized carbons (Fsp3) is 0.316. The van der Waals surface area contributed by atoms with Crippen LogP contribution in [0.1, 0.15) is 47.3 Å². The summed E-state index contributed by atoms with van der Waals surface area (Å²) in [7, 11) is 1.86. The fourth-order valence-electron chi connectivity index (χ4n) is 2.84. The Bertz CT molecular complexity index is 891. The number of carbonyl (C=O) groups is 1. The van der Waals surface area contributed by atoms with Gasteiger partial charge in [0.25, 0.3) is 5.91 Å². The van der Waals surface area contributed by atoms with Gasteiger partial charge in [0.1, 0.15) is 5.82 Å². The van der Waals surface area contributed by atoms with E-state index in [1.807, 2.05) is 50.5 Å². The summed E-state index contributed by atoms with van der Waals surface area (Å²) < 4.78 is 3.83. The molecule has 0 aliphatic rings. The molecular weight excluding hydrogens is 314 g/mol. The van der Waals surface area contributed by atoms with Crippen LogP contribution in [0.3, 0.4) is 0 Å². The predicted molar refractivity (Wildman–Crippen MR) is 97.8 cm³/mol. The van der Waals surface area contributed by atoms with Gasteiger partial charge in [-0.2, -0.15) is 5.10 Å². The molecule has 3 aromatic rings. The van der Waals surface area contributed by atoms with E-state index < -0.39 is 0 Å². The molecule has 0 fully saturated rings. The first-order valence-corrected chi connectivity index (χ1v) is 8.36. The Morgan fingerprint density at radius 2 is 2.08 bits per heavy atom. The third kappa shape index (κ3) is 3.79. The Balaban J connectivity index is 1.74. The maximum Gasteiger partial charge on any atom is 0.276 e. The van der Waals surface area contributed by atoms with E-state index in [2.05, 4.69) is 33.8 Å². The van der Waals surface area contributed by atoms with Crippen molar-refractivity contribution in [3.05, 3.63) is 65.5 Å². The zero-order valence-corrected chi connectivity index (χ0v) is 15.0. The van der Waals surface area contributed by atoms with Gasteiger partial charge < -0.3 is 9.88 Å². The maximum absolute atomic E-state index is 12.5. The Kier molecular flexibility index (Phi) is 4.70. The predicted octanol–water partition coefficient (Wildman–Crippen LogP) is 3.35. The first-order valence-electron chi connectivity index (χ1n) is 8.36. The van der Waals surface area contributed by atoms with Gasteiger partial charge in [-0.3, -0.25) is 9.48 Å². The third-order valence-electron chi connectivity index (χ3n) is 4.20. The van der Waals surface area contributed by atoms with Crippen molar-refractivity contribution in [3.8, 4) is 0 Å². The quantitative estimate of drug-likeness (QED) is 0.776. The largest absolute Gasteiger partial charge is 0.331 e. The van der Waals surface area contributed by atoms with Crippen LogP contribution >= 0.6 is 0 Å². The van der Waals surface area contributed by atoms with Crippen molar-refractivity contribution >= 4 is 11.6 Å². The molecule has 0 unspecified atom stereocenters. The number of hydrogen-bond acceptors (Lipinski definition) is 3. The highest BCUT2D eigenvalue weighted by Gasteiger charge is 2.15. The number of nitrogens with one attached hydrogen (secondary N) is 1. The number of aromatic nitrogens is 4. The van der Waals surface area contributed by atoms with Gasteiger partial charge in [-0.1, -0.05) is 26.0 Å². The van der Waals surface area contributed by atoms with Gasteiger partial charge in [-0.25, -0.2) is 4.98 Å². The zero-order chi connectivity index (χ0) is 18.0. The summed E-state index contributed by atoms with van der Waals surface area (Å²) in [4.78, 5) is 16.7. The van der Waals surface area contributed by atoms with Crippen LogP contribution in [0.5, 0.6) is 0 Å². The first-order chi connectivity index (χ1) is 11.9. The van der Waals surface area contributed by atoms with Crippen molar-refractivity contribution in [2.45, 2.75) is 33.2 Å². The third-order valence-corrected chi connectivity index (χ3v) is 4.20. The second-order valence-corrected chi connectivity index (χ2v) is 6.49. The van der Waals surface area contributed by atoms with E-state index in [0.29, 0.717) is 11.6 Å². The summed E-state index contributed by atoms with van der Waals surface area (Å²) in [6.45, 7) is 6.86. The van der Waals surface area contributed by atoms with Crippen LogP contribution in [0.4, 0.5) is 5.69 Å². The van der Waals surface area contributed by atoms with Crippen LogP contribution in [0, 0.1) is 6.92 Å². The molecule has 0 aliphatic heterocycles. The molecule has 130 valence electrons. The summed E-state index contributed by atoms with van der Waals surface area (Å²) >= 11 is 0. The van der Waals surface area contributed by atoms with Crippen molar-refractivity contribution in [1.29, 1.82) is 0 Å². The molecule has 3 rings (SSSR count). The van der Waals surface area contributed by atoms with E-state index in [4.69, 9.17) is 0 Å². The Hall–Kier alpha value is -2.89. The highest BCUT2D eigenvalue weighted by Crippen LogP contribution is 2.17. The molecule has 25 heavy (non-hydrogen) atoms. The van der Waals surface area contributed by atoms with E-state index in [9.17, 15) is 4.79 Å². The van der Waals surface area contributed by atoms with Crippen molar-refractivity contribution in [1.82, 2.24) is 19.3 Å². The van der Waals surface area contributed by atoms with Crippen LogP contribution in [0.15, 0.2) is 42.7 Å². The molecule has 1 aromatic carbocycles. The topological polar surface area (TPSA) is 64.7 Å². The number of hydrogen-bond donors (Lipinski definition) is 1. The van der Waals surface area contributed by atoms with Gasteiger partial charge in [0.05, 0.1) is 0 Å². The van der Waals surface area contributed by atoms with Crippen molar-refractivity contribution in [2.75, 3.05) is 5.32 Å². The molecule has 2 aromatic heterocycles. The van der Waals surface area contributed by atoms with Crippen molar-refractivity contribution in [3.63, 3.8) is 0 Å². The van der Waals surface area contributed by atoms with Crippen LogP contribution in [0.2, 0.25) is 0 Å². The molecule has 0 spiro atoms. The highest BCUT2D eigenvalue weighted by atomic mass is 16.1. The molecule has 0 saturated heterocycles. The van der Waals surface area contributed by atoms with Crippen LogP contribution < -0.4 is 5.32 Å². The van der Waals surface area contributed by atoms with E-state index >= 15 is 0 Å². The smallest absolute Gasteiger partial charge is 0.276 e. The second-order valence-electron chi connectivity index (χ2n) is 6.49. The van der Waals surface area contributed by atoms with Gasteiger partial charge in [-0.05, 0) is 36.6 Å². The molecular formula is C19H23N5O. The van der Waals surface area contributed by atoms with Crippen LogP contribution in [-0.4, -0.2) is 25.2 Å². The normalized spacial score (nSPS) is 11.1. The summed E-state index contributed by atoms with van der Waals surface area (Å²) in [5, 5.41) is 7.25. The number of anilines is 1. The molecule has 0 bridgehead atoms. The molecule has 0 atom stereocenters. The molecule has 0 radical (unpaired) electrons. The van der Waals surface area contributed by atoms with E-state index in [1.54, 1.807) is 10.9 Å². The number of amides is 1. The highest BCUT2D eigenvalue weighted by molar-refractivity contribution is 6.02. The molecule has 2 heterocycles. The summed E-state index contributed by atoms with van der Waals surface area (Å²) in [5.41, 5.74) is 3.33. The minimum absolute atomic E-state index is 0.196. The monoisotopic (exact) mass is 337 g/mol. The Morgan fingerprint density at radius 3 is 2.72 bits per heavy atom. The van der Waals surface area contributed by atoms with Gasteiger partial charge in [-0.15, -0.1) is 0 Å². The summed E-state index contributed by atoms with van der Waals surface area (Å²) in [5.74, 6) is 1.09. The lowest BCUT2D eigenvalue weighted by molar-refractivity contribution is 0.102. The number of benzene rings is 1.